The molecule has 0 radical (unpaired) electrons. The van der Waals surface area contributed by atoms with Gasteiger partial charge in [-0.25, -0.2) is 4.79 Å². The maximum absolute atomic E-state index is 12.5. The lowest BCUT2D eigenvalue weighted by atomic mass is 9.81. The average molecular weight is 268 g/mol. The summed E-state index contributed by atoms with van der Waals surface area (Å²) >= 11 is 0. The summed E-state index contributed by atoms with van der Waals surface area (Å²) in [5.41, 5.74) is 5.66. The van der Waals surface area contributed by atoms with E-state index >= 15 is 0 Å². The summed E-state index contributed by atoms with van der Waals surface area (Å²) in [6.45, 7) is 1.30. The smallest absolute Gasteiger partial charge is 0.326 e. The molecule has 2 aliphatic rings. The molecule has 3 N–H and O–H groups in total. The zero-order valence-electron chi connectivity index (χ0n) is 11.4. The fourth-order valence-corrected chi connectivity index (χ4v) is 3.33. The van der Waals surface area contributed by atoms with E-state index in [4.69, 9.17) is 5.73 Å². The molecule has 0 bridgehead atoms. The van der Waals surface area contributed by atoms with Gasteiger partial charge in [-0.3, -0.25) is 4.79 Å². The Hall–Kier alpha value is -1.10. The summed E-state index contributed by atoms with van der Waals surface area (Å²) in [5.74, 6) is -0.241. The Kier molecular flexibility index (Phi) is 4.80. The zero-order valence-corrected chi connectivity index (χ0v) is 11.4. The number of carboxylic acids is 1. The Morgan fingerprint density at radius 3 is 2.37 bits per heavy atom. The first-order valence-corrected chi connectivity index (χ1v) is 7.36. The van der Waals surface area contributed by atoms with E-state index < -0.39 is 12.0 Å². The number of nitrogens with zero attached hydrogens (tertiary/aromatic N) is 1. The molecular formula is C14H24N2O3. The molecular weight excluding hydrogens is 244 g/mol. The fraction of sp³-hybridized carbons (Fsp3) is 0.857. The maximum Gasteiger partial charge on any atom is 0.326 e. The molecule has 0 aromatic heterocycles. The number of nitrogens with two attached hydrogens (primary N) is 1. The van der Waals surface area contributed by atoms with Gasteiger partial charge in [-0.05, 0) is 57.4 Å². The summed E-state index contributed by atoms with van der Waals surface area (Å²) in [5, 5.41) is 9.23. The van der Waals surface area contributed by atoms with Gasteiger partial charge >= 0.3 is 5.97 Å². The van der Waals surface area contributed by atoms with Crippen LogP contribution in [0.3, 0.4) is 0 Å². The molecule has 2 fully saturated rings. The Balaban J connectivity index is 1.96. The lowest BCUT2D eigenvalue weighted by Crippen LogP contribution is -2.50. The Morgan fingerprint density at radius 1 is 1.11 bits per heavy atom. The van der Waals surface area contributed by atoms with Crippen LogP contribution in [0.5, 0.6) is 0 Å². The number of hydrogen-bond donors (Lipinski definition) is 2. The predicted molar refractivity (Wildman–Crippen MR) is 71.5 cm³/mol. The van der Waals surface area contributed by atoms with Crippen LogP contribution in [0.4, 0.5) is 0 Å². The molecule has 0 aromatic carbocycles. The highest BCUT2D eigenvalue weighted by molar-refractivity contribution is 5.85. The second-order valence-electron chi connectivity index (χ2n) is 5.83. The first-order chi connectivity index (χ1) is 9.13. The van der Waals surface area contributed by atoms with Gasteiger partial charge in [-0.1, -0.05) is 0 Å². The van der Waals surface area contributed by atoms with Crippen LogP contribution in [0, 0.1) is 11.8 Å². The minimum atomic E-state index is -0.858. The molecule has 1 atom stereocenters. The minimum absolute atomic E-state index is 0.0164. The average Bonchev–Trinajstić information content (AvgIpc) is 2.46. The third-order valence-corrected chi connectivity index (χ3v) is 4.60. The Morgan fingerprint density at radius 2 is 1.79 bits per heavy atom. The lowest BCUT2D eigenvalue weighted by molar-refractivity contribution is -0.154. The topological polar surface area (TPSA) is 83.6 Å². The lowest BCUT2D eigenvalue weighted by Gasteiger charge is -2.37. The number of carbonyl (C=O) groups excluding carboxylic acids is 1. The zero-order chi connectivity index (χ0) is 13.8. The number of hydrogen-bond acceptors (Lipinski definition) is 3. The van der Waals surface area contributed by atoms with Crippen molar-refractivity contribution in [1.82, 2.24) is 4.90 Å². The number of rotatable bonds is 3. The largest absolute Gasteiger partial charge is 0.480 e. The second kappa shape index (κ2) is 6.37. The molecule has 0 spiro atoms. The van der Waals surface area contributed by atoms with E-state index in [2.05, 4.69) is 0 Å². The SMILES string of the molecule is NCC1CCC(C(=O)N2CCCC[C@H]2C(=O)O)CC1. The van der Waals surface area contributed by atoms with Gasteiger partial charge in [0.15, 0.2) is 0 Å². The number of carboxylic acid groups (broad SMARTS) is 1. The number of likely N-dealkylation sites (tertiary alicyclic amines) is 1. The van der Waals surface area contributed by atoms with E-state index in [1.807, 2.05) is 0 Å². The molecule has 2 rings (SSSR count). The quantitative estimate of drug-likeness (QED) is 0.806. The number of piperidine rings is 1. The summed E-state index contributed by atoms with van der Waals surface area (Å²) in [6.07, 6.45) is 6.15. The standard InChI is InChI=1S/C14H24N2O3/c15-9-10-4-6-11(7-5-10)13(17)16-8-2-1-3-12(16)14(18)19/h10-12H,1-9,15H2,(H,18,19)/t10?,11?,12-/m0/s1. The molecule has 1 heterocycles. The first kappa shape index (κ1) is 14.3. The first-order valence-electron chi connectivity index (χ1n) is 7.36. The molecule has 1 saturated carbocycles. The van der Waals surface area contributed by atoms with Crippen molar-refractivity contribution >= 4 is 11.9 Å². The van der Waals surface area contributed by atoms with E-state index in [-0.39, 0.29) is 11.8 Å². The van der Waals surface area contributed by atoms with Gasteiger partial charge < -0.3 is 15.7 Å². The van der Waals surface area contributed by atoms with Crippen molar-refractivity contribution in [3.8, 4) is 0 Å². The molecule has 0 unspecified atom stereocenters. The molecule has 1 aliphatic carbocycles. The van der Waals surface area contributed by atoms with Gasteiger partial charge in [0.25, 0.3) is 0 Å². The van der Waals surface area contributed by atoms with Crippen molar-refractivity contribution in [2.45, 2.75) is 51.0 Å². The Bertz CT molecular complexity index is 338. The molecule has 1 aliphatic heterocycles. The molecule has 5 nitrogen and oxygen atoms in total. The van der Waals surface area contributed by atoms with Crippen LogP contribution in [-0.2, 0) is 9.59 Å². The van der Waals surface area contributed by atoms with E-state index in [1.54, 1.807) is 4.90 Å². The van der Waals surface area contributed by atoms with E-state index in [0.717, 1.165) is 38.5 Å². The van der Waals surface area contributed by atoms with Crippen LogP contribution in [0.15, 0.2) is 0 Å². The van der Waals surface area contributed by atoms with E-state index in [1.165, 1.54) is 0 Å². The van der Waals surface area contributed by atoms with Crippen LogP contribution in [-0.4, -0.2) is 41.0 Å². The summed E-state index contributed by atoms with van der Waals surface area (Å²) in [7, 11) is 0. The van der Waals surface area contributed by atoms with Gasteiger partial charge in [0, 0.05) is 12.5 Å². The number of aliphatic carboxylic acids is 1. The highest BCUT2D eigenvalue weighted by Crippen LogP contribution is 2.31. The summed E-state index contributed by atoms with van der Waals surface area (Å²) in [6, 6.07) is -0.603. The van der Waals surface area contributed by atoms with Gasteiger partial charge in [0.1, 0.15) is 6.04 Å². The van der Waals surface area contributed by atoms with Crippen LogP contribution in [0.2, 0.25) is 0 Å². The van der Waals surface area contributed by atoms with Crippen LogP contribution in [0.1, 0.15) is 44.9 Å². The molecule has 1 saturated heterocycles. The molecule has 5 heteroatoms. The predicted octanol–water partition coefficient (Wildman–Crippen LogP) is 1.22. The van der Waals surface area contributed by atoms with E-state index in [0.29, 0.717) is 25.4 Å². The van der Waals surface area contributed by atoms with Crippen molar-refractivity contribution in [1.29, 1.82) is 0 Å². The van der Waals surface area contributed by atoms with Gasteiger partial charge in [0.05, 0.1) is 0 Å². The molecule has 108 valence electrons. The van der Waals surface area contributed by atoms with Crippen molar-refractivity contribution in [2.75, 3.05) is 13.1 Å². The van der Waals surface area contributed by atoms with Crippen LogP contribution >= 0.6 is 0 Å². The highest BCUT2D eigenvalue weighted by atomic mass is 16.4. The van der Waals surface area contributed by atoms with Gasteiger partial charge in [-0.15, -0.1) is 0 Å². The van der Waals surface area contributed by atoms with Crippen molar-refractivity contribution in [2.24, 2.45) is 17.6 Å². The van der Waals surface area contributed by atoms with Crippen molar-refractivity contribution in [3.63, 3.8) is 0 Å². The summed E-state index contributed by atoms with van der Waals surface area (Å²) in [4.78, 5) is 25.3. The highest BCUT2D eigenvalue weighted by Gasteiger charge is 2.36. The molecule has 0 aromatic rings. The number of carbonyl (C=O) groups is 2. The minimum Gasteiger partial charge on any atom is -0.480 e. The van der Waals surface area contributed by atoms with Gasteiger partial charge in [-0.2, -0.15) is 0 Å². The van der Waals surface area contributed by atoms with Gasteiger partial charge in [0.2, 0.25) is 5.91 Å². The Labute approximate surface area is 114 Å². The maximum atomic E-state index is 12.5. The normalized spacial score (nSPS) is 32.1. The fourth-order valence-electron chi connectivity index (χ4n) is 3.33. The third kappa shape index (κ3) is 3.26. The summed E-state index contributed by atoms with van der Waals surface area (Å²) < 4.78 is 0. The number of amides is 1. The van der Waals surface area contributed by atoms with E-state index in [9.17, 15) is 14.7 Å². The second-order valence-corrected chi connectivity index (χ2v) is 5.83. The van der Waals surface area contributed by atoms with Crippen molar-refractivity contribution in [3.05, 3.63) is 0 Å². The monoisotopic (exact) mass is 268 g/mol. The molecule has 1 amide bonds. The van der Waals surface area contributed by atoms with Crippen LogP contribution in [0.25, 0.3) is 0 Å². The third-order valence-electron chi connectivity index (χ3n) is 4.60. The van der Waals surface area contributed by atoms with Crippen LogP contribution < -0.4 is 5.73 Å². The molecule has 19 heavy (non-hydrogen) atoms. The van der Waals surface area contributed by atoms with Crippen molar-refractivity contribution < 1.29 is 14.7 Å².